The van der Waals surface area contributed by atoms with E-state index in [-0.39, 0.29) is 39.9 Å². The maximum Gasteiger partial charge on any atom is 0.243 e. The summed E-state index contributed by atoms with van der Waals surface area (Å²) < 4.78 is 32.6. The van der Waals surface area contributed by atoms with E-state index in [1.54, 1.807) is 12.1 Å². The lowest BCUT2D eigenvalue weighted by molar-refractivity contribution is -0.118. The third-order valence-electron chi connectivity index (χ3n) is 6.09. The zero-order valence-corrected chi connectivity index (χ0v) is 20.6. The van der Waals surface area contributed by atoms with Gasteiger partial charge in [-0.05, 0) is 24.3 Å². The van der Waals surface area contributed by atoms with Crippen molar-refractivity contribution in [2.24, 2.45) is 0 Å². The van der Waals surface area contributed by atoms with Crippen molar-refractivity contribution in [2.75, 3.05) is 18.5 Å². The Labute approximate surface area is 216 Å². The van der Waals surface area contributed by atoms with Gasteiger partial charge in [-0.15, -0.1) is 0 Å². The average molecular weight is 533 g/mol. The van der Waals surface area contributed by atoms with Gasteiger partial charge in [-0.2, -0.15) is 0 Å². The number of hydrogen-bond acceptors (Lipinski definition) is 7. The molecule has 3 aromatic rings. The summed E-state index contributed by atoms with van der Waals surface area (Å²) in [5, 5.41) is 6.38. The first-order valence-corrected chi connectivity index (χ1v) is 12.2. The van der Waals surface area contributed by atoms with Crippen molar-refractivity contribution in [2.45, 2.75) is 37.5 Å². The van der Waals surface area contributed by atoms with Gasteiger partial charge in [0.15, 0.2) is 17.3 Å². The highest BCUT2D eigenvalue weighted by Crippen LogP contribution is 2.39. The molecule has 1 atom stereocenters. The van der Waals surface area contributed by atoms with Gasteiger partial charge >= 0.3 is 0 Å². The molecule has 1 aromatic heterocycles. The number of rotatable bonds is 8. The summed E-state index contributed by atoms with van der Waals surface area (Å²) in [5.41, 5.74) is 0.703. The van der Waals surface area contributed by atoms with E-state index in [1.165, 1.54) is 24.5 Å². The van der Waals surface area contributed by atoms with Crippen molar-refractivity contribution in [3.8, 4) is 11.5 Å². The van der Waals surface area contributed by atoms with Gasteiger partial charge in [0.25, 0.3) is 0 Å². The molecule has 1 saturated heterocycles. The summed E-state index contributed by atoms with van der Waals surface area (Å²) in [6.07, 6.45) is 4.47. The molecule has 1 saturated carbocycles. The Bertz CT molecular complexity index is 1310. The molecule has 1 amide bonds. The topological polar surface area (TPSA) is 94.6 Å². The van der Waals surface area contributed by atoms with Crippen LogP contribution in [0, 0.1) is 5.82 Å². The van der Waals surface area contributed by atoms with Crippen LogP contribution in [0.25, 0.3) is 10.9 Å². The monoisotopic (exact) mass is 532 g/mol. The van der Waals surface area contributed by atoms with Crippen LogP contribution in [-0.2, 0) is 9.53 Å². The Morgan fingerprint density at radius 1 is 1.17 bits per heavy atom. The van der Waals surface area contributed by atoms with E-state index in [4.69, 9.17) is 37.4 Å². The second-order valence-electron chi connectivity index (χ2n) is 8.61. The molecule has 1 aliphatic heterocycles. The molecule has 0 unspecified atom stereocenters. The van der Waals surface area contributed by atoms with Crippen LogP contribution in [0.4, 0.5) is 15.9 Å². The predicted molar refractivity (Wildman–Crippen MR) is 135 cm³/mol. The minimum Gasteiger partial charge on any atom is -0.486 e. The molecule has 188 valence electrons. The van der Waals surface area contributed by atoms with Crippen LogP contribution >= 0.6 is 23.2 Å². The molecule has 5 rings (SSSR count). The van der Waals surface area contributed by atoms with Gasteiger partial charge in [0.2, 0.25) is 5.91 Å². The number of benzene rings is 2. The molecule has 2 heterocycles. The molecule has 8 nitrogen and oxygen atoms in total. The van der Waals surface area contributed by atoms with Gasteiger partial charge in [-0.25, -0.2) is 14.4 Å². The molecule has 2 N–H and O–H groups in total. The first-order valence-electron chi connectivity index (χ1n) is 11.4. The second-order valence-corrected chi connectivity index (χ2v) is 9.40. The van der Waals surface area contributed by atoms with Crippen molar-refractivity contribution in [3.05, 3.63) is 59.1 Å². The number of fused-ring (bicyclic) bond motifs is 1. The lowest BCUT2D eigenvalue weighted by atomic mass is 9.89. The molecule has 0 bridgehead atoms. The number of halogens is 3. The third-order valence-corrected chi connectivity index (χ3v) is 6.87. The summed E-state index contributed by atoms with van der Waals surface area (Å²) in [7, 11) is 0. The van der Waals surface area contributed by atoms with E-state index >= 15 is 0 Å². The fraction of sp³-hybridized carbons (Fsp3) is 0.320. The van der Waals surface area contributed by atoms with Crippen molar-refractivity contribution in [3.63, 3.8) is 0 Å². The van der Waals surface area contributed by atoms with Gasteiger partial charge < -0.3 is 24.8 Å². The lowest BCUT2D eigenvalue weighted by Crippen LogP contribution is -2.48. The van der Waals surface area contributed by atoms with Crippen molar-refractivity contribution >= 4 is 51.5 Å². The normalized spacial score (nSPS) is 21.0. The number of hydrogen-bond donors (Lipinski definition) is 2. The van der Waals surface area contributed by atoms with Crippen molar-refractivity contribution in [1.29, 1.82) is 0 Å². The highest BCUT2D eigenvalue weighted by atomic mass is 35.5. The van der Waals surface area contributed by atoms with Gasteiger partial charge in [-0.1, -0.05) is 29.8 Å². The number of carbonyl (C=O) groups is 1. The zero-order chi connectivity index (χ0) is 25.2. The van der Waals surface area contributed by atoms with Crippen LogP contribution in [0.2, 0.25) is 10.0 Å². The van der Waals surface area contributed by atoms with Gasteiger partial charge in [0, 0.05) is 36.8 Å². The third kappa shape index (κ3) is 5.18. The maximum atomic E-state index is 14.7. The van der Waals surface area contributed by atoms with Crippen molar-refractivity contribution in [1.82, 2.24) is 15.3 Å². The first-order chi connectivity index (χ1) is 17.4. The zero-order valence-electron chi connectivity index (χ0n) is 19.1. The second kappa shape index (κ2) is 10.5. The molecule has 36 heavy (non-hydrogen) atoms. The van der Waals surface area contributed by atoms with E-state index in [9.17, 15) is 9.18 Å². The Balaban J connectivity index is 1.45. The van der Waals surface area contributed by atoms with Crippen LogP contribution in [0.5, 0.6) is 11.5 Å². The number of nitrogens with one attached hydrogen (secondary N) is 2. The summed E-state index contributed by atoms with van der Waals surface area (Å²) >= 11 is 11.9. The summed E-state index contributed by atoms with van der Waals surface area (Å²) in [6, 6.07) is 6.55. The number of amides is 1. The number of nitrogens with zero attached hydrogens (tertiary/aromatic N) is 2. The Hall–Kier alpha value is -3.14. The minimum absolute atomic E-state index is 0.0201. The number of ether oxygens (including phenoxy) is 3. The largest absolute Gasteiger partial charge is 0.486 e. The van der Waals surface area contributed by atoms with Crippen LogP contribution in [0.15, 0.2) is 43.2 Å². The van der Waals surface area contributed by atoms with Crippen LogP contribution < -0.4 is 20.1 Å². The Kier molecular flexibility index (Phi) is 7.13. The quantitative estimate of drug-likeness (QED) is 0.304. The van der Waals surface area contributed by atoms with Gasteiger partial charge in [0.05, 0.1) is 34.5 Å². The molecule has 0 radical (unpaired) electrons. The Morgan fingerprint density at radius 2 is 1.94 bits per heavy atom. The Morgan fingerprint density at radius 3 is 2.69 bits per heavy atom. The molecule has 11 heteroatoms. The van der Waals surface area contributed by atoms with E-state index in [2.05, 4.69) is 27.2 Å². The summed E-state index contributed by atoms with van der Waals surface area (Å²) in [6.45, 7) is 4.60. The highest BCUT2D eigenvalue weighted by Gasteiger charge is 2.33. The predicted octanol–water partition coefficient (Wildman–Crippen LogP) is 5.20. The number of carbonyl (C=O) groups excluding carboxylic acids is 1. The van der Waals surface area contributed by atoms with E-state index < -0.39 is 5.82 Å². The lowest BCUT2D eigenvalue weighted by Gasteiger charge is -2.36. The van der Waals surface area contributed by atoms with E-state index in [1.807, 2.05) is 0 Å². The van der Waals surface area contributed by atoms with Crippen molar-refractivity contribution < 1.29 is 23.4 Å². The number of aromatic nitrogens is 2. The molecular weight excluding hydrogens is 510 g/mol. The van der Waals surface area contributed by atoms with E-state index in [0.717, 1.165) is 6.42 Å². The molecule has 1 aliphatic carbocycles. The van der Waals surface area contributed by atoms with Crippen LogP contribution in [0.3, 0.4) is 0 Å². The number of anilines is 2. The molecule has 2 aliphatic rings. The maximum absolute atomic E-state index is 14.7. The summed E-state index contributed by atoms with van der Waals surface area (Å²) in [4.78, 5) is 20.2. The molecule has 2 aromatic carbocycles. The fourth-order valence-corrected chi connectivity index (χ4v) is 4.41. The SMILES string of the molecule is C=CC(=O)NC1CC(Oc2cc3c(Nc4ccc(Cl)c(Cl)c4F)ncnc3cc2O[C@H]2CCOC2)C1. The molecular formula is C25H23Cl2FN4O4. The van der Waals surface area contributed by atoms with Crippen LogP contribution in [-0.4, -0.2) is 47.3 Å². The smallest absolute Gasteiger partial charge is 0.243 e. The standard InChI is InChI=1S/C25H23Cl2FN4O4/c1-2-22(33)31-13-7-15(8-13)36-20-9-16-19(10-21(20)35-14-5-6-34-11-14)29-12-30-25(16)32-18-4-3-17(26)23(27)24(18)28/h2-4,9-10,12-15H,1,5-8,11H2,(H,31,33)(H,29,30,32)/t13?,14-,15?/m0/s1. The van der Waals surface area contributed by atoms with Crippen LogP contribution in [0.1, 0.15) is 19.3 Å². The molecule has 0 spiro atoms. The molecule has 2 fully saturated rings. The first kappa shape index (κ1) is 24.5. The average Bonchev–Trinajstić information content (AvgIpc) is 3.36. The fourth-order valence-electron chi connectivity index (χ4n) is 4.10. The van der Waals surface area contributed by atoms with Gasteiger partial charge in [-0.3, -0.25) is 4.79 Å². The summed E-state index contributed by atoms with van der Waals surface area (Å²) in [5.74, 6) is 0.498. The van der Waals surface area contributed by atoms with Gasteiger partial charge in [0.1, 0.15) is 24.4 Å². The minimum atomic E-state index is -0.685. The van der Waals surface area contributed by atoms with E-state index in [0.29, 0.717) is 54.3 Å². The highest BCUT2D eigenvalue weighted by molar-refractivity contribution is 6.42.